The number of likely N-dealkylation sites (tertiary alicyclic amines) is 1. The first kappa shape index (κ1) is 12.9. The lowest BCUT2D eigenvalue weighted by atomic mass is 9.94. The maximum Gasteiger partial charge on any atom is 0.0117 e. The SMILES string of the molecule is CC1CN(C)CCC1NCCCN(C)C. The third-order valence-corrected chi connectivity index (χ3v) is 3.30. The average Bonchev–Trinajstić information content (AvgIpc) is 2.14. The lowest BCUT2D eigenvalue weighted by Crippen LogP contribution is -2.47. The second-order valence-electron chi connectivity index (χ2n) is 5.25. The highest BCUT2D eigenvalue weighted by atomic mass is 15.1. The van der Waals surface area contributed by atoms with Crippen LogP contribution >= 0.6 is 0 Å². The molecule has 0 amide bonds. The van der Waals surface area contributed by atoms with Crippen LogP contribution in [0.5, 0.6) is 0 Å². The molecule has 3 nitrogen and oxygen atoms in total. The molecule has 0 radical (unpaired) electrons. The Balaban J connectivity index is 2.10. The smallest absolute Gasteiger partial charge is 0.0117 e. The largest absolute Gasteiger partial charge is 0.314 e. The second kappa shape index (κ2) is 6.46. The maximum atomic E-state index is 3.69. The van der Waals surface area contributed by atoms with Crippen LogP contribution in [0, 0.1) is 5.92 Å². The van der Waals surface area contributed by atoms with Crippen molar-refractivity contribution in [3.05, 3.63) is 0 Å². The van der Waals surface area contributed by atoms with Crippen molar-refractivity contribution in [2.75, 3.05) is 47.3 Å². The first-order valence-electron chi connectivity index (χ1n) is 6.16. The van der Waals surface area contributed by atoms with Gasteiger partial charge >= 0.3 is 0 Å². The van der Waals surface area contributed by atoms with Crippen LogP contribution < -0.4 is 5.32 Å². The zero-order chi connectivity index (χ0) is 11.3. The molecular weight excluding hydrogens is 186 g/mol. The Labute approximate surface area is 94.8 Å². The molecule has 0 spiro atoms. The Morgan fingerprint density at radius 3 is 2.73 bits per heavy atom. The summed E-state index contributed by atoms with van der Waals surface area (Å²) < 4.78 is 0. The number of rotatable bonds is 5. The van der Waals surface area contributed by atoms with Crippen molar-refractivity contribution >= 4 is 0 Å². The predicted molar refractivity (Wildman–Crippen MR) is 66.2 cm³/mol. The highest BCUT2D eigenvalue weighted by molar-refractivity contribution is 4.81. The molecule has 1 fully saturated rings. The third-order valence-electron chi connectivity index (χ3n) is 3.30. The van der Waals surface area contributed by atoms with Gasteiger partial charge in [-0.3, -0.25) is 0 Å². The van der Waals surface area contributed by atoms with E-state index in [2.05, 4.69) is 43.2 Å². The Bertz CT molecular complexity index is 170. The van der Waals surface area contributed by atoms with E-state index in [1.54, 1.807) is 0 Å². The molecule has 2 unspecified atom stereocenters. The summed E-state index contributed by atoms with van der Waals surface area (Å²) in [6.07, 6.45) is 2.56. The van der Waals surface area contributed by atoms with Gasteiger partial charge < -0.3 is 15.1 Å². The van der Waals surface area contributed by atoms with Gasteiger partial charge in [0.05, 0.1) is 0 Å². The number of hydrogen-bond acceptors (Lipinski definition) is 3. The summed E-state index contributed by atoms with van der Waals surface area (Å²) in [6, 6.07) is 0.739. The number of nitrogens with one attached hydrogen (secondary N) is 1. The van der Waals surface area contributed by atoms with Crippen LogP contribution in [0.25, 0.3) is 0 Å². The van der Waals surface area contributed by atoms with Crippen LogP contribution in [-0.2, 0) is 0 Å². The van der Waals surface area contributed by atoms with Crippen molar-refractivity contribution in [3.63, 3.8) is 0 Å². The standard InChI is InChI=1S/C12H27N3/c1-11-10-15(4)9-6-12(11)13-7-5-8-14(2)3/h11-13H,5-10H2,1-4H3. The molecule has 0 aromatic rings. The van der Waals surface area contributed by atoms with Gasteiger partial charge in [0.2, 0.25) is 0 Å². The average molecular weight is 213 g/mol. The van der Waals surface area contributed by atoms with Gasteiger partial charge in [0.1, 0.15) is 0 Å². The summed E-state index contributed by atoms with van der Waals surface area (Å²) in [5.74, 6) is 0.795. The molecule has 0 aromatic heterocycles. The van der Waals surface area contributed by atoms with E-state index in [9.17, 15) is 0 Å². The van der Waals surface area contributed by atoms with Crippen molar-refractivity contribution in [2.45, 2.75) is 25.8 Å². The van der Waals surface area contributed by atoms with E-state index in [-0.39, 0.29) is 0 Å². The molecule has 1 saturated heterocycles. The van der Waals surface area contributed by atoms with Gasteiger partial charge in [-0.1, -0.05) is 6.92 Å². The second-order valence-corrected chi connectivity index (χ2v) is 5.25. The molecule has 0 saturated carbocycles. The minimum atomic E-state index is 0.739. The summed E-state index contributed by atoms with van der Waals surface area (Å²) >= 11 is 0. The molecule has 1 aliphatic rings. The molecule has 15 heavy (non-hydrogen) atoms. The van der Waals surface area contributed by atoms with Crippen LogP contribution in [-0.4, -0.2) is 63.2 Å². The van der Waals surface area contributed by atoms with E-state index in [1.165, 1.54) is 32.5 Å². The zero-order valence-corrected chi connectivity index (χ0v) is 10.8. The van der Waals surface area contributed by atoms with Crippen LogP contribution in [0.2, 0.25) is 0 Å². The monoisotopic (exact) mass is 213 g/mol. The molecular formula is C12H27N3. The predicted octanol–water partition coefficient (Wildman–Crippen LogP) is 0.868. The zero-order valence-electron chi connectivity index (χ0n) is 10.8. The molecule has 90 valence electrons. The minimum Gasteiger partial charge on any atom is -0.314 e. The fourth-order valence-electron chi connectivity index (χ4n) is 2.34. The molecule has 1 rings (SSSR count). The molecule has 0 bridgehead atoms. The van der Waals surface area contributed by atoms with Gasteiger partial charge in [-0.2, -0.15) is 0 Å². The van der Waals surface area contributed by atoms with Crippen molar-refractivity contribution < 1.29 is 0 Å². The minimum absolute atomic E-state index is 0.739. The molecule has 0 aliphatic carbocycles. The lowest BCUT2D eigenvalue weighted by Gasteiger charge is -2.35. The first-order valence-corrected chi connectivity index (χ1v) is 6.16. The van der Waals surface area contributed by atoms with Gasteiger partial charge in [-0.25, -0.2) is 0 Å². The van der Waals surface area contributed by atoms with E-state index in [1.807, 2.05) is 0 Å². The summed E-state index contributed by atoms with van der Waals surface area (Å²) in [5, 5.41) is 3.69. The normalized spacial score (nSPS) is 28.6. The summed E-state index contributed by atoms with van der Waals surface area (Å²) in [6.45, 7) is 7.20. The van der Waals surface area contributed by atoms with E-state index < -0.39 is 0 Å². The molecule has 0 aromatic carbocycles. The highest BCUT2D eigenvalue weighted by Crippen LogP contribution is 2.14. The van der Waals surface area contributed by atoms with Crippen molar-refractivity contribution in [1.29, 1.82) is 0 Å². The van der Waals surface area contributed by atoms with Crippen LogP contribution in [0.4, 0.5) is 0 Å². The van der Waals surface area contributed by atoms with Crippen LogP contribution in [0.15, 0.2) is 0 Å². The van der Waals surface area contributed by atoms with E-state index in [0.717, 1.165) is 18.5 Å². The fraction of sp³-hybridized carbons (Fsp3) is 1.00. The van der Waals surface area contributed by atoms with Crippen molar-refractivity contribution in [2.24, 2.45) is 5.92 Å². The van der Waals surface area contributed by atoms with E-state index >= 15 is 0 Å². The highest BCUT2D eigenvalue weighted by Gasteiger charge is 2.22. The van der Waals surface area contributed by atoms with Gasteiger partial charge in [-0.15, -0.1) is 0 Å². The molecule has 1 heterocycles. The number of piperidine rings is 1. The van der Waals surface area contributed by atoms with Gasteiger partial charge in [0.25, 0.3) is 0 Å². The number of hydrogen-bond donors (Lipinski definition) is 1. The summed E-state index contributed by atoms with van der Waals surface area (Å²) in [4.78, 5) is 4.68. The maximum absolute atomic E-state index is 3.69. The Kier molecular flexibility index (Phi) is 5.58. The molecule has 3 heteroatoms. The van der Waals surface area contributed by atoms with Gasteiger partial charge in [0.15, 0.2) is 0 Å². The summed E-state index contributed by atoms with van der Waals surface area (Å²) in [5.41, 5.74) is 0. The number of nitrogens with zero attached hydrogens (tertiary/aromatic N) is 2. The third kappa shape index (κ3) is 4.96. The molecule has 1 aliphatic heterocycles. The van der Waals surface area contributed by atoms with Crippen molar-refractivity contribution in [1.82, 2.24) is 15.1 Å². The van der Waals surface area contributed by atoms with Gasteiger partial charge in [-0.05, 0) is 59.5 Å². The Morgan fingerprint density at radius 1 is 1.40 bits per heavy atom. The summed E-state index contributed by atoms with van der Waals surface area (Å²) in [7, 11) is 6.50. The quantitative estimate of drug-likeness (QED) is 0.684. The van der Waals surface area contributed by atoms with E-state index in [0.29, 0.717) is 0 Å². The van der Waals surface area contributed by atoms with Crippen LogP contribution in [0.1, 0.15) is 19.8 Å². The van der Waals surface area contributed by atoms with Crippen molar-refractivity contribution in [3.8, 4) is 0 Å². The fourth-order valence-corrected chi connectivity index (χ4v) is 2.34. The van der Waals surface area contributed by atoms with E-state index in [4.69, 9.17) is 0 Å². The molecule has 2 atom stereocenters. The van der Waals surface area contributed by atoms with Gasteiger partial charge in [0, 0.05) is 12.6 Å². The lowest BCUT2D eigenvalue weighted by molar-refractivity contribution is 0.174. The topological polar surface area (TPSA) is 18.5 Å². The molecule has 1 N–H and O–H groups in total. The van der Waals surface area contributed by atoms with Crippen LogP contribution in [0.3, 0.4) is 0 Å². The Hall–Kier alpha value is -0.120. The Morgan fingerprint density at radius 2 is 2.13 bits per heavy atom. The first-order chi connectivity index (χ1) is 7.09.